The standard InChI is InChI=1S/C38H74O5/c1-4-7-10-13-16-19-22-31-37(40)42-32-25-23-27-35(34-39)28-24-26-33-43-38(41)36(29-20-17-14-11-8-5-2)30-21-18-15-12-9-6-3/h35-36,39H,4-34H2,1-3H3. The van der Waals surface area contributed by atoms with Gasteiger partial charge in [0.25, 0.3) is 0 Å². The van der Waals surface area contributed by atoms with E-state index in [2.05, 4.69) is 20.8 Å². The van der Waals surface area contributed by atoms with Crippen molar-refractivity contribution in [3.63, 3.8) is 0 Å². The number of ether oxygens (including phenoxy) is 2. The Kier molecular flexibility index (Phi) is 32.9. The summed E-state index contributed by atoms with van der Waals surface area (Å²) in [6.45, 7) is 7.89. The third-order valence-corrected chi connectivity index (χ3v) is 8.91. The average molecular weight is 611 g/mol. The number of hydrogen-bond donors (Lipinski definition) is 1. The monoisotopic (exact) mass is 611 g/mol. The molecule has 43 heavy (non-hydrogen) atoms. The van der Waals surface area contributed by atoms with Crippen LogP contribution in [0.5, 0.6) is 0 Å². The molecule has 0 aliphatic heterocycles. The van der Waals surface area contributed by atoms with Gasteiger partial charge in [-0.2, -0.15) is 0 Å². The van der Waals surface area contributed by atoms with Crippen molar-refractivity contribution in [3.05, 3.63) is 0 Å². The van der Waals surface area contributed by atoms with Crippen molar-refractivity contribution >= 4 is 11.9 Å². The predicted octanol–water partition coefficient (Wildman–Crippen LogP) is 11.3. The van der Waals surface area contributed by atoms with Crippen LogP contribution in [-0.4, -0.2) is 36.9 Å². The Morgan fingerprint density at radius 3 is 1.35 bits per heavy atom. The molecule has 0 aromatic carbocycles. The molecule has 0 saturated heterocycles. The molecule has 0 fully saturated rings. The van der Waals surface area contributed by atoms with Crippen LogP contribution < -0.4 is 0 Å². The van der Waals surface area contributed by atoms with Crippen LogP contribution in [0.1, 0.15) is 201 Å². The fourth-order valence-electron chi connectivity index (χ4n) is 5.89. The molecule has 0 aromatic rings. The van der Waals surface area contributed by atoms with Crippen molar-refractivity contribution < 1.29 is 24.2 Å². The largest absolute Gasteiger partial charge is 0.466 e. The van der Waals surface area contributed by atoms with E-state index in [0.717, 1.165) is 77.0 Å². The van der Waals surface area contributed by atoms with Gasteiger partial charge < -0.3 is 14.6 Å². The lowest BCUT2D eigenvalue weighted by atomic mass is 9.94. The van der Waals surface area contributed by atoms with Crippen LogP contribution >= 0.6 is 0 Å². The number of esters is 2. The first-order chi connectivity index (χ1) is 21.1. The molecule has 1 N–H and O–H groups in total. The Labute approximate surface area is 268 Å². The summed E-state index contributed by atoms with van der Waals surface area (Å²) in [6, 6.07) is 0. The third kappa shape index (κ3) is 29.4. The molecule has 5 nitrogen and oxygen atoms in total. The van der Waals surface area contributed by atoms with E-state index in [9.17, 15) is 14.7 Å². The lowest BCUT2D eigenvalue weighted by Crippen LogP contribution is -2.19. The summed E-state index contributed by atoms with van der Waals surface area (Å²) in [6.07, 6.45) is 31.5. The molecule has 0 radical (unpaired) electrons. The molecule has 0 bridgehead atoms. The minimum Gasteiger partial charge on any atom is -0.466 e. The quantitative estimate of drug-likeness (QED) is 0.0579. The average Bonchev–Trinajstić information content (AvgIpc) is 3.01. The van der Waals surface area contributed by atoms with Gasteiger partial charge in [0, 0.05) is 13.0 Å². The second kappa shape index (κ2) is 33.8. The first-order valence-corrected chi connectivity index (χ1v) is 19.0. The summed E-state index contributed by atoms with van der Waals surface area (Å²) < 4.78 is 11.2. The zero-order valence-electron chi connectivity index (χ0n) is 29.2. The molecule has 1 unspecified atom stereocenters. The number of aliphatic hydroxyl groups is 1. The van der Waals surface area contributed by atoms with Crippen LogP contribution in [0.25, 0.3) is 0 Å². The molecule has 0 aliphatic rings. The van der Waals surface area contributed by atoms with E-state index in [1.165, 1.54) is 96.3 Å². The molecule has 5 heteroatoms. The molecular weight excluding hydrogens is 536 g/mol. The Balaban J connectivity index is 4.03. The summed E-state index contributed by atoms with van der Waals surface area (Å²) in [5, 5.41) is 9.81. The summed E-state index contributed by atoms with van der Waals surface area (Å²) >= 11 is 0. The maximum Gasteiger partial charge on any atom is 0.308 e. The zero-order valence-corrected chi connectivity index (χ0v) is 29.2. The summed E-state index contributed by atoms with van der Waals surface area (Å²) in [5.41, 5.74) is 0. The van der Waals surface area contributed by atoms with Crippen molar-refractivity contribution in [1.82, 2.24) is 0 Å². The zero-order chi connectivity index (χ0) is 31.6. The van der Waals surface area contributed by atoms with Gasteiger partial charge in [0.05, 0.1) is 19.1 Å². The van der Waals surface area contributed by atoms with Crippen LogP contribution in [0.2, 0.25) is 0 Å². The minimum atomic E-state index is -0.0667. The van der Waals surface area contributed by atoms with Crippen molar-refractivity contribution in [1.29, 1.82) is 0 Å². The van der Waals surface area contributed by atoms with Gasteiger partial charge in [0.15, 0.2) is 0 Å². The van der Waals surface area contributed by atoms with E-state index >= 15 is 0 Å². The SMILES string of the molecule is CCCCCCCCCC(=O)OCCCCC(CO)CCCCOC(=O)C(CCCCCCCC)CCCCCCCC. The molecular formula is C38H74O5. The van der Waals surface area contributed by atoms with E-state index in [0.29, 0.717) is 19.6 Å². The van der Waals surface area contributed by atoms with E-state index in [1.54, 1.807) is 0 Å². The maximum atomic E-state index is 12.9. The maximum absolute atomic E-state index is 12.9. The number of aliphatic hydroxyl groups excluding tert-OH is 1. The van der Waals surface area contributed by atoms with E-state index in [-0.39, 0.29) is 30.4 Å². The number of rotatable bonds is 34. The fraction of sp³-hybridized carbons (Fsp3) is 0.947. The van der Waals surface area contributed by atoms with Crippen molar-refractivity contribution in [2.24, 2.45) is 11.8 Å². The highest BCUT2D eigenvalue weighted by molar-refractivity contribution is 5.72. The summed E-state index contributed by atoms with van der Waals surface area (Å²) in [5.74, 6) is 0.282. The van der Waals surface area contributed by atoms with Gasteiger partial charge in [0.2, 0.25) is 0 Å². The van der Waals surface area contributed by atoms with Gasteiger partial charge in [-0.1, -0.05) is 136 Å². The smallest absolute Gasteiger partial charge is 0.308 e. The molecule has 0 heterocycles. The Morgan fingerprint density at radius 1 is 0.488 bits per heavy atom. The third-order valence-electron chi connectivity index (χ3n) is 8.91. The molecule has 1 atom stereocenters. The highest BCUT2D eigenvalue weighted by Crippen LogP contribution is 2.22. The molecule has 0 amide bonds. The lowest BCUT2D eigenvalue weighted by Gasteiger charge is -2.17. The number of carbonyl (C=O) groups is 2. The molecule has 0 aromatic heterocycles. The second-order valence-electron chi connectivity index (χ2n) is 13.1. The summed E-state index contributed by atoms with van der Waals surface area (Å²) in [7, 11) is 0. The Bertz CT molecular complexity index is 577. The first-order valence-electron chi connectivity index (χ1n) is 19.0. The van der Waals surface area contributed by atoms with Gasteiger partial charge in [-0.25, -0.2) is 0 Å². The van der Waals surface area contributed by atoms with Crippen LogP contribution in [-0.2, 0) is 19.1 Å². The van der Waals surface area contributed by atoms with Gasteiger partial charge in [-0.15, -0.1) is 0 Å². The number of carbonyl (C=O) groups excluding carboxylic acids is 2. The van der Waals surface area contributed by atoms with Crippen molar-refractivity contribution in [2.45, 2.75) is 201 Å². The van der Waals surface area contributed by atoms with E-state index in [4.69, 9.17) is 9.47 Å². The normalized spacial score (nSPS) is 12.1. The van der Waals surface area contributed by atoms with Gasteiger partial charge >= 0.3 is 11.9 Å². The lowest BCUT2D eigenvalue weighted by molar-refractivity contribution is -0.149. The number of hydrogen-bond acceptors (Lipinski definition) is 5. The fourth-order valence-corrected chi connectivity index (χ4v) is 5.89. The molecule has 0 aliphatic carbocycles. The van der Waals surface area contributed by atoms with Crippen LogP contribution in [0.4, 0.5) is 0 Å². The highest BCUT2D eigenvalue weighted by Gasteiger charge is 2.19. The van der Waals surface area contributed by atoms with E-state index in [1.807, 2.05) is 0 Å². The molecule has 0 spiro atoms. The molecule has 0 rings (SSSR count). The van der Waals surface area contributed by atoms with Crippen LogP contribution in [0.15, 0.2) is 0 Å². The second-order valence-corrected chi connectivity index (χ2v) is 13.1. The van der Waals surface area contributed by atoms with Crippen molar-refractivity contribution in [3.8, 4) is 0 Å². The van der Waals surface area contributed by atoms with Gasteiger partial charge in [0.1, 0.15) is 0 Å². The highest BCUT2D eigenvalue weighted by atomic mass is 16.5. The van der Waals surface area contributed by atoms with Crippen LogP contribution in [0, 0.1) is 11.8 Å². The molecule has 256 valence electrons. The number of unbranched alkanes of at least 4 members (excludes halogenated alkanes) is 18. The first kappa shape index (κ1) is 41.9. The molecule has 0 saturated carbocycles. The Morgan fingerprint density at radius 2 is 0.884 bits per heavy atom. The minimum absolute atomic E-state index is 0.0161. The van der Waals surface area contributed by atoms with Gasteiger partial charge in [-0.3, -0.25) is 9.59 Å². The van der Waals surface area contributed by atoms with E-state index < -0.39 is 0 Å². The van der Waals surface area contributed by atoms with Crippen LogP contribution in [0.3, 0.4) is 0 Å². The topological polar surface area (TPSA) is 72.8 Å². The Hall–Kier alpha value is -1.10. The predicted molar refractivity (Wildman–Crippen MR) is 182 cm³/mol. The van der Waals surface area contributed by atoms with Crippen molar-refractivity contribution in [2.75, 3.05) is 19.8 Å². The van der Waals surface area contributed by atoms with Gasteiger partial charge in [-0.05, 0) is 63.7 Å². The summed E-state index contributed by atoms with van der Waals surface area (Å²) in [4.78, 5) is 24.8.